The van der Waals surface area contributed by atoms with E-state index in [4.69, 9.17) is 0 Å². The number of hydrazone groups is 1. The third kappa shape index (κ3) is 6.11. The number of rotatable bonds is 6. The van der Waals surface area contributed by atoms with Crippen LogP contribution in [-0.4, -0.2) is 36.0 Å². The van der Waals surface area contributed by atoms with Crippen molar-refractivity contribution in [1.29, 1.82) is 0 Å². The Kier molecular flexibility index (Phi) is 7.31. The first kappa shape index (κ1) is 21.9. The van der Waals surface area contributed by atoms with E-state index in [0.29, 0.717) is 16.8 Å². The lowest BCUT2D eigenvalue weighted by Crippen LogP contribution is -2.25. The lowest BCUT2D eigenvalue weighted by atomic mass is 10.1. The Bertz CT molecular complexity index is 980. The standard InChI is InChI=1S/C22H25N5O4/c1-16(28)24-19-8-6-17(7-9-19)22(29)25-23-15-18-14-20(27(30)31)10-11-21(18)26-12-4-2-3-5-13-26/h6-11,14-15H,2-5,12-13H2,1H3,(H,24,28)(H,25,29). The average Bonchev–Trinajstić information content (AvgIpc) is 3.03. The summed E-state index contributed by atoms with van der Waals surface area (Å²) in [7, 11) is 0. The molecule has 2 aromatic carbocycles. The average molecular weight is 423 g/mol. The van der Waals surface area contributed by atoms with Crippen molar-refractivity contribution in [2.45, 2.75) is 32.6 Å². The van der Waals surface area contributed by atoms with Gasteiger partial charge in [-0.15, -0.1) is 0 Å². The maximum absolute atomic E-state index is 12.3. The molecule has 1 fully saturated rings. The maximum Gasteiger partial charge on any atom is 0.271 e. The molecule has 2 aromatic rings. The van der Waals surface area contributed by atoms with Crippen LogP contribution in [0.1, 0.15) is 48.5 Å². The van der Waals surface area contributed by atoms with Gasteiger partial charge in [-0.2, -0.15) is 5.10 Å². The molecule has 1 aliphatic rings. The van der Waals surface area contributed by atoms with Gasteiger partial charge in [0, 0.05) is 54.6 Å². The second-order valence-electron chi connectivity index (χ2n) is 7.36. The summed E-state index contributed by atoms with van der Waals surface area (Å²) < 4.78 is 0. The molecule has 1 saturated heterocycles. The molecule has 0 radical (unpaired) electrons. The van der Waals surface area contributed by atoms with E-state index in [1.807, 2.05) is 0 Å². The molecular weight excluding hydrogens is 398 g/mol. The van der Waals surface area contributed by atoms with Crippen LogP contribution in [0.4, 0.5) is 17.1 Å². The van der Waals surface area contributed by atoms with Gasteiger partial charge in [-0.25, -0.2) is 5.43 Å². The monoisotopic (exact) mass is 423 g/mol. The minimum Gasteiger partial charge on any atom is -0.371 e. The van der Waals surface area contributed by atoms with E-state index in [0.717, 1.165) is 31.6 Å². The van der Waals surface area contributed by atoms with E-state index in [-0.39, 0.29) is 11.6 Å². The lowest BCUT2D eigenvalue weighted by Gasteiger charge is -2.24. The molecular formula is C22H25N5O4. The SMILES string of the molecule is CC(=O)Nc1ccc(C(=O)NN=Cc2cc([N+](=O)[O-])ccc2N2CCCCCC2)cc1. The molecule has 0 aliphatic carbocycles. The molecule has 0 saturated carbocycles. The van der Waals surface area contributed by atoms with Crippen LogP contribution in [0.5, 0.6) is 0 Å². The molecule has 9 heteroatoms. The summed E-state index contributed by atoms with van der Waals surface area (Å²) >= 11 is 0. The molecule has 2 N–H and O–H groups in total. The highest BCUT2D eigenvalue weighted by Crippen LogP contribution is 2.26. The summed E-state index contributed by atoms with van der Waals surface area (Å²) in [5.74, 6) is -0.619. The van der Waals surface area contributed by atoms with Gasteiger partial charge in [0.2, 0.25) is 5.91 Å². The van der Waals surface area contributed by atoms with Crippen molar-refractivity contribution in [3.05, 3.63) is 63.7 Å². The minimum absolute atomic E-state index is 0.0279. The normalized spacial score (nSPS) is 14.2. The Morgan fingerprint density at radius 1 is 1.06 bits per heavy atom. The molecule has 3 rings (SSSR count). The Balaban J connectivity index is 1.75. The van der Waals surface area contributed by atoms with Gasteiger partial charge in [-0.05, 0) is 43.2 Å². The van der Waals surface area contributed by atoms with E-state index < -0.39 is 10.8 Å². The fourth-order valence-electron chi connectivity index (χ4n) is 3.49. The highest BCUT2D eigenvalue weighted by atomic mass is 16.6. The molecule has 0 aromatic heterocycles. The van der Waals surface area contributed by atoms with Crippen molar-refractivity contribution in [2.24, 2.45) is 5.10 Å². The molecule has 0 bridgehead atoms. The Labute approximate surface area is 180 Å². The van der Waals surface area contributed by atoms with Gasteiger partial charge < -0.3 is 10.2 Å². The zero-order chi connectivity index (χ0) is 22.2. The number of hydrogen-bond acceptors (Lipinski definition) is 6. The summed E-state index contributed by atoms with van der Waals surface area (Å²) in [6.07, 6.45) is 5.92. The minimum atomic E-state index is -0.446. The van der Waals surface area contributed by atoms with Crippen molar-refractivity contribution in [3.8, 4) is 0 Å². The van der Waals surface area contributed by atoms with Crippen LogP contribution in [-0.2, 0) is 4.79 Å². The number of non-ortho nitro benzene ring substituents is 1. The Morgan fingerprint density at radius 2 is 1.74 bits per heavy atom. The Hall–Kier alpha value is -3.75. The zero-order valence-electron chi connectivity index (χ0n) is 17.3. The van der Waals surface area contributed by atoms with Gasteiger partial charge in [0.15, 0.2) is 0 Å². The van der Waals surface area contributed by atoms with Gasteiger partial charge in [-0.1, -0.05) is 12.8 Å². The zero-order valence-corrected chi connectivity index (χ0v) is 17.3. The Morgan fingerprint density at radius 3 is 2.35 bits per heavy atom. The van der Waals surface area contributed by atoms with E-state index in [2.05, 4.69) is 20.7 Å². The lowest BCUT2D eigenvalue weighted by molar-refractivity contribution is -0.384. The number of nitrogens with one attached hydrogen (secondary N) is 2. The van der Waals surface area contributed by atoms with Gasteiger partial charge in [0.1, 0.15) is 0 Å². The highest BCUT2D eigenvalue weighted by Gasteiger charge is 2.16. The first-order valence-corrected chi connectivity index (χ1v) is 10.2. The smallest absolute Gasteiger partial charge is 0.271 e. The summed E-state index contributed by atoms with van der Waals surface area (Å²) in [4.78, 5) is 36.4. The molecule has 0 unspecified atom stereocenters. The first-order valence-electron chi connectivity index (χ1n) is 10.2. The molecule has 1 heterocycles. The van der Waals surface area contributed by atoms with Gasteiger partial charge in [0.05, 0.1) is 11.1 Å². The van der Waals surface area contributed by atoms with Crippen LogP contribution in [0.15, 0.2) is 47.6 Å². The first-order chi connectivity index (χ1) is 14.9. The molecule has 0 spiro atoms. The van der Waals surface area contributed by atoms with Crippen LogP contribution in [0.2, 0.25) is 0 Å². The van der Waals surface area contributed by atoms with E-state index in [1.165, 1.54) is 38.1 Å². The maximum atomic E-state index is 12.3. The molecule has 9 nitrogen and oxygen atoms in total. The highest BCUT2D eigenvalue weighted by molar-refractivity contribution is 5.96. The third-order valence-corrected chi connectivity index (χ3v) is 5.01. The number of carbonyl (C=O) groups is 2. The second-order valence-corrected chi connectivity index (χ2v) is 7.36. The van der Waals surface area contributed by atoms with E-state index in [1.54, 1.807) is 30.3 Å². The number of nitro benzene ring substituents is 1. The summed E-state index contributed by atoms with van der Waals surface area (Å²) in [6.45, 7) is 3.17. The van der Waals surface area contributed by atoms with E-state index in [9.17, 15) is 19.7 Å². The van der Waals surface area contributed by atoms with Gasteiger partial charge >= 0.3 is 0 Å². The van der Waals surface area contributed by atoms with Crippen LogP contribution < -0.4 is 15.6 Å². The molecule has 162 valence electrons. The number of hydrogen-bond donors (Lipinski definition) is 2. The fourth-order valence-corrected chi connectivity index (χ4v) is 3.49. The molecule has 31 heavy (non-hydrogen) atoms. The summed E-state index contributed by atoms with van der Waals surface area (Å²) in [5, 5.41) is 17.9. The third-order valence-electron chi connectivity index (χ3n) is 5.01. The number of nitro groups is 1. The van der Waals surface area contributed by atoms with Crippen LogP contribution >= 0.6 is 0 Å². The van der Waals surface area contributed by atoms with Crippen molar-refractivity contribution < 1.29 is 14.5 Å². The fraction of sp³-hybridized carbons (Fsp3) is 0.318. The molecule has 2 amide bonds. The predicted octanol–water partition coefficient (Wildman–Crippen LogP) is 3.70. The van der Waals surface area contributed by atoms with Gasteiger partial charge in [0.25, 0.3) is 11.6 Å². The topological polar surface area (TPSA) is 117 Å². The predicted molar refractivity (Wildman–Crippen MR) is 120 cm³/mol. The summed E-state index contributed by atoms with van der Waals surface area (Å²) in [5.41, 5.74) is 4.83. The van der Waals surface area contributed by atoms with Crippen LogP contribution in [0.3, 0.4) is 0 Å². The number of anilines is 2. The number of amides is 2. The largest absolute Gasteiger partial charge is 0.371 e. The summed E-state index contributed by atoms with van der Waals surface area (Å²) in [6, 6.07) is 11.1. The molecule has 0 atom stereocenters. The second kappa shape index (κ2) is 10.3. The van der Waals surface area contributed by atoms with Crippen LogP contribution in [0.25, 0.3) is 0 Å². The number of nitrogens with zero attached hydrogens (tertiary/aromatic N) is 3. The van der Waals surface area contributed by atoms with Crippen molar-refractivity contribution >= 4 is 35.1 Å². The van der Waals surface area contributed by atoms with Crippen molar-refractivity contribution in [3.63, 3.8) is 0 Å². The van der Waals surface area contributed by atoms with Crippen molar-refractivity contribution in [2.75, 3.05) is 23.3 Å². The van der Waals surface area contributed by atoms with Gasteiger partial charge in [-0.3, -0.25) is 19.7 Å². The number of benzene rings is 2. The van der Waals surface area contributed by atoms with Crippen molar-refractivity contribution in [1.82, 2.24) is 5.43 Å². The van der Waals surface area contributed by atoms with E-state index >= 15 is 0 Å². The van der Waals surface area contributed by atoms with Crippen LogP contribution in [0, 0.1) is 10.1 Å². The quantitative estimate of drug-likeness (QED) is 0.417. The number of carbonyl (C=O) groups excluding carboxylic acids is 2. The molecule has 1 aliphatic heterocycles.